The second-order valence-electron chi connectivity index (χ2n) is 9.55. The molecule has 0 saturated carbocycles. The largest absolute Gasteiger partial charge is 0.481 e. The highest BCUT2D eigenvalue weighted by atomic mass is 19.3. The van der Waals surface area contributed by atoms with Gasteiger partial charge in [-0.05, 0) is 67.2 Å². The number of halogens is 2. The zero-order chi connectivity index (χ0) is 23.1. The van der Waals surface area contributed by atoms with Crippen LogP contribution in [0.3, 0.4) is 0 Å². The first-order chi connectivity index (χ1) is 15.9. The molecule has 2 fully saturated rings. The fourth-order valence-corrected chi connectivity index (χ4v) is 5.29. The molecular weight excluding hydrogens is 426 g/mol. The third kappa shape index (κ3) is 4.13. The van der Waals surface area contributed by atoms with Crippen molar-refractivity contribution in [1.29, 1.82) is 0 Å². The molecule has 1 spiro atoms. The molecule has 0 atom stereocenters. The molecule has 1 amide bonds. The summed E-state index contributed by atoms with van der Waals surface area (Å²) in [4.78, 5) is 14.6. The lowest BCUT2D eigenvalue weighted by molar-refractivity contribution is -0.187. The number of amides is 1. The number of hydrogen-bond donors (Lipinski definition) is 2. The van der Waals surface area contributed by atoms with Crippen molar-refractivity contribution in [3.05, 3.63) is 53.6 Å². The molecule has 0 unspecified atom stereocenters. The van der Waals surface area contributed by atoms with Crippen molar-refractivity contribution >= 4 is 5.91 Å². The van der Waals surface area contributed by atoms with Crippen LogP contribution in [0.25, 0.3) is 11.1 Å². The Hall–Kier alpha value is -2.51. The van der Waals surface area contributed by atoms with E-state index in [-0.39, 0.29) is 24.9 Å². The van der Waals surface area contributed by atoms with E-state index < -0.39 is 11.5 Å². The minimum absolute atomic E-state index is 0.0105. The Bertz CT molecular complexity index is 1010. The quantitative estimate of drug-likeness (QED) is 0.736. The fraction of sp³-hybridized carbons (Fsp3) is 0.500. The van der Waals surface area contributed by atoms with E-state index in [0.717, 1.165) is 24.0 Å². The van der Waals surface area contributed by atoms with E-state index in [0.29, 0.717) is 55.9 Å². The minimum atomic E-state index is -2.92. The van der Waals surface area contributed by atoms with Crippen LogP contribution >= 0.6 is 0 Å². The number of ether oxygens (including phenoxy) is 1. The second kappa shape index (κ2) is 8.69. The highest BCUT2D eigenvalue weighted by Gasteiger charge is 2.58. The van der Waals surface area contributed by atoms with Crippen LogP contribution in [-0.4, -0.2) is 60.2 Å². The van der Waals surface area contributed by atoms with Gasteiger partial charge in [0.25, 0.3) is 11.8 Å². The molecule has 2 saturated heterocycles. The minimum Gasteiger partial charge on any atom is -0.481 e. The van der Waals surface area contributed by atoms with Gasteiger partial charge >= 0.3 is 0 Å². The molecule has 3 aliphatic heterocycles. The van der Waals surface area contributed by atoms with Crippen molar-refractivity contribution in [2.45, 2.75) is 43.6 Å². The summed E-state index contributed by atoms with van der Waals surface area (Å²) >= 11 is 0. The Morgan fingerprint density at radius 1 is 1.06 bits per heavy atom. The van der Waals surface area contributed by atoms with Crippen molar-refractivity contribution in [3.8, 4) is 16.9 Å². The number of aliphatic hydroxyl groups is 1. The number of nitrogens with zero attached hydrogens (tertiary/aromatic N) is 1. The maximum absolute atomic E-state index is 15.1. The van der Waals surface area contributed by atoms with Crippen molar-refractivity contribution in [1.82, 2.24) is 10.2 Å². The molecule has 33 heavy (non-hydrogen) atoms. The molecule has 3 heterocycles. The van der Waals surface area contributed by atoms with E-state index in [9.17, 15) is 9.90 Å². The Morgan fingerprint density at radius 2 is 1.73 bits per heavy atom. The van der Waals surface area contributed by atoms with Crippen molar-refractivity contribution in [3.63, 3.8) is 0 Å². The number of alkyl halides is 2. The zero-order valence-electron chi connectivity index (χ0n) is 18.7. The van der Waals surface area contributed by atoms with Crippen LogP contribution in [0.4, 0.5) is 8.78 Å². The molecule has 5 rings (SSSR count). The first kappa shape index (κ1) is 22.3. The number of fused-ring (bicyclic) bond motifs is 1. The highest BCUT2D eigenvalue weighted by molar-refractivity contribution is 5.94. The summed E-state index contributed by atoms with van der Waals surface area (Å²) in [5.41, 5.74) is 1.42. The fourth-order valence-electron chi connectivity index (χ4n) is 5.29. The normalized spacial score (nSPS) is 22.0. The summed E-state index contributed by atoms with van der Waals surface area (Å²) in [7, 11) is 0. The van der Waals surface area contributed by atoms with Gasteiger partial charge in [0.1, 0.15) is 5.75 Å². The van der Waals surface area contributed by atoms with Crippen LogP contribution in [-0.2, 0) is 6.42 Å². The Kier molecular flexibility index (Phi) is 5.87. The zero-order valence-corrected chi connectivity index (χ0v) is 18.7. The number of carbonyl (C=O) groups excluding carboxylic acids is 1. The summed E-state index contributed by atoms with van der Waals surface area (Å²) in [5.74, 6) is -2.10. The summed E-state index contributed by atoms with van der Waals surface area (Å²) in [5, 5.41) is 12.4. The first-order valence-electron chi connectivity index (χ1n) is 11.8. The van der Waals surface area contributed by atoms with E-state index >= 15 is 8.78 Å². The van der Waals surface area contributed by atoms with Crippen LogP contribution in [0.15, 0.2) is 42.5 Å². The number of rotatable bonds is 3. The van der Waals surface area contributed by atoms with Crippen LogP contribution in [0.1, 0.15) is 41.6 Å². The molecule has 3 aliphatic rings. The first-order valence-corrected chi connectivity index (χ1v) is 11.8. The maximum atomic E-state index is 15.1. The number of nitrogens with one attached hydrogen (secondary N) is 1. The molecule has 176 valence electrons. The SMILES string of the molecule is O=C(c1ccc(-c2ccc3c(c2)CC(F)(F)C2(CCNCC2)O3)cc1)N1CCC(CO)CC1. The maximum Gasteiger partial charge on any atom is 0.291 e. The summed E-state index contributed by atoms with van der Waals surface area (Å²) in [6.45, 7) is 2.55. The topological polar surface area (TPSA) is 61.8 Å². The van der Waals surface area contributed by atoms with Crippen LogP contribution < -0.4 is 10.1 Å². The van der Waals surface area contributed by atoms with E-state index in [1.54, 1.807) is 24.3 Å². The Labute approximate surface area is 192 Å². The summed E-state index contributed by atoms with van der Waals surface area (Å²) in [6.07, 6.45) is 1.92. The van der Waals surface area contributed by atoms with Gasteiger partial charge in [-0.25, -0.2) is 8.78 Å². The average molecular weight is 457 g/mol. The van der Waals surface area contributed by atoms with Crippen molar-refractivity contribution in [2.75, 3.05) is 32.8 Å². The monoisotopic (exact) mass is 456 g/mol. The summed E-state index contributed by atoms with van der Waals surface area (Å²) in [6, 6.07) is 12.8. The van der Waals surface area contributed by atoms with Gasteiger partial charge in [-0.1, -0.05) is 18.2 Å². The lowest BCUT2D eigenvalue weighted by Crippen LogP contribution is -2.60. The second-order valence-corrected chi connectivity index (χ2v) is 9.55. The lowest BCUT2D eigenvalue weighted by atomic mass is 9.80. The molecule has 2 N–H and O–H groups in total. The van der Waals surface area contributed by atoms with E-state index in [1.807, 2.05) is 23.1 Å². The van der Waals surface area contributed by atoms with E-state index in [1.165, 1.54) is 0 Å². The Morgan fingerprint density at radius 3 is 2.39 bits per heavy atom. The molecule has 0 aliphatic carbocycles. The van der Waals surface area contributed by atoms with Gasteiger partial charge in [0.15, 0.2) is 5.60 Å². The number of aliphatic hydroxyl groups excluding tert-OH is 1. The van der Waals surface area contributed by atoms with Crippen LogP contribution in [0.5, 0.6) is 5.75 Å². The molecule has 2 aromatic rings. The lowest BCUT2D eigenvalue weighted by Gasteiger charge is -2.46. The number of likely N-dealkylation sites (tertiary alicyclic amines) is 1. The van der Waals surface area contributed by atoms with Gasteiger partial charge in [-0.2, -0.15) is 0 Å². The van der Waals surface area contributed by atoms with Gasteiger partial charge in [0.05, 0.1) is 0 Å². The summed E-state index contributed by atoms with van der Waals surface area (Å²) < 4.78 is 36.2. The molecule has 0 bridgehead atoms. The predicted molar refractivity (Wildman–Crippen MR) is 122 cm³/mol. The van der Waals surface area contributed by atoms with Gasteiger partial charge in [-0.3, -0.25) is 4.79 Å². The van der Waals surface area contributed by atoms with Crippen molar-refractivity contribution < 1.29 is 23.4 Å². The van der Waals surface area contributed by atoms with Crippen molar-refractivity contribution in [2.24, 2.45) is 5.92 Å². The van der Waals surface area contributed by atoms with E-state index in [2.05, 4.69) is 5.32 Å². The van der Waals surface area contributed by atoms with E-state index in [4.69, 9.17) is 4.74 Å². The van der Waals surface area contributed by atoms with Gasteiger partial charge in [-0.15, -0.1) is 0 Å². The van der Waals surface area contributed by atoms with Gasteiger partial charge < -0.3 is 20.1 Å². The molecular formula is C26H30F2N2O3. The van der Waals surface area contributed by atoms with Gasteiger partial charge in [0, 0.05) is 50.1 Å². The third-order valence-corrected chi connectivity index (χ3v) is 7.48. The molecule has 5 nitrogen and oxygen atoms in total. The number of piperidine rings is 2. The average Bonchev–Trinajstić information content (AvgIpc) is 2.85. The smallest absolute Gasteiger partial charge is 0.291 e. The molecule has 2 aromatic carbocycles. The van der Waals surface area contributed by atoms with Crippen LogP contribution in [0, 0.1) is 5.92 Å². The Balaban J connectivity index is 1.32. The number of carbonyl (C=O) groups is 1. The third-order valence-electron chi connectivity index (χ3n) is 7.48. The highest BCUT2D eigenvalue weighted by Crippen LogP contribution is 2.48. The molecule has 7 heteroatoms. The van der Waals surface area contributed by atoms with Crippen LogP contribution in [0.2, 0.25) is 0 Å². The standard InChI is InChI=1S/C26H30F2N2O3/c27-26(28)16-22-15-21(5-6-23(22)33-25(26)9-11-29-12-10-25)19-1-3-20(4-2-19)24(32)30-13-7-18(17-31)8-14-30/h1-6,15,18,29,31H,7-14,16-17H2. The number of hydrogen-bond acceptors (Lipinski definition) is 4. The molecule has 0 aromatic heterocycles. The molecule has 0 radical (unpaired) electrons. The number of benzene rings is 2. The van der Waals surface area contributed by atoms with Gasteiger partial charge in [0.2, 0.25) is 0 Å². The predicted octanol–water partition coefficient (Wildman–Crippen LogP) is 3.89.